The third-order valence-corrected chi connectivity index (χ3v) is 5.14. The van der Waals surface area contributed by atoms with Crippen LogP contribution in [0.2, 0.25) is 0 Å². The van der Waals surface area contributed by atoms with Crippen LogP contribution in [-0.2, 0) is 4.74 Å². The molecule has 5 heteroatoms. The van der Waals surface area contributed by atoms with E-state index in [-0.39, 0.29) is 11.5 Å². The predicted octanol–water partition coefficient (Wildman–Crippen LogP) is 3.61. The molecule has 0 aromatic heterocycles. The highest BCUT2D eigenvalue weighted by Crippen LogP contribution is 2.33. The number of benzene rings is 1. The highest BCUT2D eigenvalue weighted by molar-refractivity contribution is 5.79. The van der Waals surface area contributed by atoms with Gasteiger partial charge in [-0.25, -0.2) is 0 Å². The Bertz CT molecular complexity index is 610. The first-order chi connectivity index (χ1) is 13.3. The van der Waals surface area contributed by atoms with Crippen molar-refractivity contribution in [3.05, 3.63) is 35.4 Å². The predicted molar refractivity (Wildman–Crippen MR) is 119 cm³/mol. The molecule has 1 saturated heterocycles. The number of hydrogen-bond acceptors (Lipinski definition) is 3. The fourth-order valence-corrected chi connectivity index (χ4v) is 3.95. The zero-order valence-electron chi connectivity index (χ0n) is 18.7. The van der Waals surface area contributed by atoms with Gasteiger partial charge < -0.3 is 20.3 Å². The molecule has 1 aliphatic heterocycles. The van der Waals surface area contributed by atoms with Gasteiger partial charge in [0.15, 0.2) is 5.96 Å². The van der Waals surface area contributed by atoms with E-state index < -0.39 is 0 Å². The van der Waals surface area contributed by atoms with Gasteiger partial charge in [-0.1, -0.05) is 43.7 Å². The molecule has 1 heterocycles. The number of aryl methyl sites for hydroxylation is 1. The Morgan fingerprint density at radius 2 is 1.93 bits per heavy atom. The maximum absolute atomic E-state index is 6.16. The minimum atomic E-state index is 0.143. The lowest BCUT2D eigenvalue weighted by atomic mass is 9.89. The molecule has 1 aromatic carbocycles. The Hall–Kier alpha value is -1.59. The van der Waals surface area contributed by atoms with Crippen molar-refractivity contribution in [1.29, 1.82) is 0 Å². The third-order valence-electron chi connectivity index (χ3n) is 5.14. The minimum absolute atomic E-state index is 0.143. The van der Waals surface area contributed by atoms with Gasteiger partial charge in [-0.3, -0.25) is 4.99 Å². The van der Waals surface area contributed by atoms with E-state index in [0.29, 0.717) is 5.92 Å². The van der Waals surface area contributed by atoms with Crippen LogP contribution in [0.15, 0.2) is 29.3 Å². The van der Waals surface area contributed by atoms with Gasteiger partial charge in [-0.2, -0.15) is 0 Å². The van der Waals surface area contributed by atoms with Crippen molar-refractivity contribution in [1.82, 2.24) is 15.5 Å². The molecule has 28 heavy (non-hydrogen) atoms. The number of rotatable bonds is 8. The Balaban J connectivity index is 2.00. The molecule has 2 rings (SSSR count). The Morgan fingerprint density at radius 3 is 2.57 bits per heavy atom. The maximum Gasteiger partial charge on any atom is 0.191 e. The summed E-state index contributed by atoms with van der Waals surface area (Å²) in [7, 11) is 4.23. The van der Waals surface area contributed by atoms with Crippen LogP contribution < -0.4 is 10.6 Å². The monoisotopic (exact) mass is 388 g/mol. The zero-order valence-corrected chi connectivity index (χ0v) is 18.7. The first-order valence-corrected chi connectivity index (χ1v) is 10.7. The van der Waals surface area contributed by atoms with Gasteiger partial charge in [0.25, 0.3) is 0 Å². The average Bonchev–Trinajstić information content (AvgIpc) is 2.64. The van der Waals surface area contributed by atoms with E-state index in [4.69, 9.17) is 9.73 Å². The molecule has 0 bridgehead atoms. The number of ether oxygens (including phenoxy) is 1. The standard InChI is InChI=1S/C23H40N4O/c1-7-24-22(26-16-23(3,4)17-27(5)6)25-15-20-9-8-14-28-21(20)19-12-10-18(2)11-13-19/h10-13,20-21H,7-9,14-17H2,1-6H3,(H2,24,25,26). The van der Waals surface area contributed by atoms with Crippen molar-refractivity contribution < 1.29 is 4.74 Å². The second kappa shape index (κ2) is 10.8. The van der Waals surface area contributed by atoms with Crippen LogP contribution in [0.25, 0.3) is 0 Å². The Kier molecular flexibility index (Phi) is 8.77. The molecule has 0 aliphatic carbocycles. The van der Waals surface area contributed by atoms with Gasteiger partial charge in [0.2, 0.25) is 0 Å². The first kappa shape index (κ1) is 22.7. The summed E-state index contributed by atoms with van der Waals surface area (Å²) in [5.74, 6) is 1.36. The normalized spacial score (nSPS) is 21.0. The highest BCUT2D eigenvalue weighted by atomic mass is 16.5. The number of nitrogens with zero attached hydrogens (tertiary/aromatic N) is 2. The lowest BCUT2D eigenvalue weighted by Gasteiger charge is -2.33. The van der Waals surface area contributed by atoms with Crippen LogP contribution in [0, 0.1) is 18.3 Å². The van der Waals surface area contributed by atoms with Crippen molar-refractivity contribution in [2.45, 2.75) is 46.6 Å². The topological polar surface area (TPSA) is 48.9 Å². The van der Waals surface area contributed by atoms with E-state index in [1.807, 2.05) is 0 Å². The molecule has 1 aliphatic rings. The summed E-state index contributed by atoms with van der Waals surface area (Å²) in [6.45, 7) is 13.2. The van der Waals surface area contributed by atoms with Gasteiger partial charge >= 0.3 is 0 Å². The summed E-state index contributed by atoms with van der Waals surface area (Å²) in [5, 5.41) is 6.97. The second-order valence-corrected chi connectivity index (χ2v) is 9.08. The Labute approximate surface area is 171 Å². The van der Waals surface area contributed by atoms with Crippen LogP contribution in [0.1, 0.15) is 50.8 Å². The van der Waals surface area contributed by atoms with E-state index in [1.165, 1.54) is 17.5 Å². The van der Waals surface area contributed by atoms with Crippen LogP contribution in [-0.4, -0.2) is 57.7 Å². The molecule has 2 N–H and O–H groups in total. The summed E-state index contributed by atoms with van der Waals surface area (Å²) < 4.78 is 6.16. The van der Waals surface area contributed by atoms with Crippen LogP contribution in [0.4, 0.5) is 0 Å². The summed E-state index contributed by atoms with van der Waals surface area (Å²) in [6.07, 6.45) is 2.46. The average molecular weight is 389 g/mol. The van der Waals surface area contributed by atoms with Crippen molar-refractivity contribution >= 4 is 5.96 Å². The molecular weight excluding hydrogens is 348 g/mol. The van der Waals surface area contributed by atoms with Crippen molar-refractivity contribution in [2.24, 2.45) is 16.3 Å². The zero-order chi connectivity index (χ0) is 20.6. The smallest absolute Gasteiger partial charge is 0.191 e. The van der Waals surface area contributed by atoms with Crippen molar-refractivity contribution in [3.63, 3.8) is 0 Å². The molecule has 0 spiro atoms. The molecule has 5 nitrogen and oxygen atoms in total. The molecule has 1 aromatic rings. The minimum Gasteiger partial charge on any atom is -0.373 e. The fourth-order valence-electron chi connectivity index (χ4n) is 3.95. The number of aliphatic imine (C=N–C) groups is 1. The summed E-state index contributed by atoms with van der Waals surface area (Å²) in [4.78, 5) is 7.08. The van der Waals surface area contributed by atoms with Gasteiger partial charge in [-0.05, 0) is 51.8 Å². The van der Waals surface area contributed by atoms with E-state index in [9.17, 15) is 0 Å². The van der Waals surface area contributed by atoms with Gasteiger partial charge in [0, 0.05) is 38.7 Å². The first-order valence-electron chi connectivity index (χ1n) is 10.7. The van der Waals surface area contributed by atoms with Crippen molar-refractivity contribution in [2.75, 3.05) is 46.9 Å². The van der Waals surface area contributed by atoms with E-state index in [1.54, 1.807) is 0 Å². The fraction of sp³-hybridized carbons (Fsp3) is 0.696. The summed E-state index contributed by atoms with van der Waals surface area (Å²) >= 11 is 0. The largest absolute Gasteiger partial charge is 0.373 e. The van der Waals surface area contributed by atoms with E-state index in [0.717, 1.165) is 45.2 Å². The number of guanidine groups is 1. The quantitative estimate of drug-likeness (QED) is 0.528. The molecule has 158 valence electrons. The highest BCUT2D eigenvalue weighted by Gasteiger charge is 2.27. The Morgan fingerprint density at radius 1 is 1.21 bits per heavy atom. The molecule has 0 saturated carbocycles. The third kappa shape index (κ3) is 7.44. The van der Waals surface area contributed by atoms with E-state index in [2.05, 4.69) is 81.6 Å². The number of nitrogens with one attached hydrogen (secondary N) is 2. The van der Waals surface area contributed by atoms with Crippen LogP contribution >= 0.6 is 0 Å². The molecule has 0 amide bonds. The summed E-state index contributed by atoms with van der Waals surface area (Å²) in [5.41, 5.74) is 2.71. The van der Waals surface area contributed by atoms with Gasteiger partial charge in [0.1, 0.15) is 0 Å². The lowest BCUT2D eigenvalue weighted by Crippen LogP contribution is -2.43. The number of hydrogen-bond donors (Lipinski definition) is 2. The SMILES string of the molecule is CCNC(=NCC(C)(C)CN(C)C)NCC1CCCOC1c1ccc(C)cc1. The van der Waals surface area contributed by atoms with E-state index >= 15 is 0 Å². The van der Waals surface area contributed by atoms with Gasteiger partial charge in [-0.15, -0.1) is 0 Å². The molecular formula is C23H40N4O. The van der Waals surface area contributed by atoms with Crippen LogP contribution in [0.3, 0.4) is 0 Å². The van der Waals surface area contributed by atoms with Gasteiger partial charge in [0.05, 0.1) is 6.10 Å². The second-order valence-electron chi connectivity index (χ2n) is 9.08. The van der Waals surface area contributed by atoms with Crippen molar-refractivity contribution in [3.8, 4) is 0 Å². The molecule has 2 unspecified atom stereocenters. The molecule has 1 fully saturated rings. The molecule has 0 radical (unpaired) electrons. The molecule has 2 atom stereocenters. The summed E-state index contributed by atoms with van der Waals surface area (Å²) in [6, 6.07) is 8.77. The maximum atomic E-state index is 6.16. The lowest BCUT2D eigenvalue weighted by molar-refractivity contribution is -0.0265. The van der Waals surface area contributed by atoms with Crippen LogP contribution in [0.5, 0.6) is 0 Å².